The number of aromatic nitrogens is 3. The molecule has 9 nitrogen and oxygen atoms in total. The Bertz CT molecular complexity index is 830. The van der Waals surface area contributed by atoms with Gasteiger partial charge in [-0.15, -0.1) is 10.2 Å². The highest BCUT2D eigenvalue weighted by molar-refractivity contribution is 6.00. The second-order valence-electron chi connectivity index (χ2n) is 6.53. The molecule has 9 heteroatoms. The van der Waals surface area contributed by atoms with E-state index in [-0.39, 0.29) is 23.7 Å². The number of rotatable bonds is 5. The Morgan fingerprint density at radius 2 is 2.12 bits per heavy atom. The van der Waals surface area contributed by atoms with Crippen molar-refractivity contribution >= 4 is 17.3 Å². The van der Waals surface area contributed by atoms with Crippen molar-refractivity contribution in [2.75, 3.05) is 19.0 Å². The van der Waals surface area contributed by atoms with Crippen LogP contribution in [0, 0.1) is 10.1 Å². The van der Waals surface area contributed by atoms with Crippen molar-refractivity contribution in [3.05, 3.63) is 45.5 Å². The first kappa shape index (κ1) is 17.8. The van der Waals surface area contributed by atoms with Crippen molar-refractivity contribution in [2.24, 2.45) is 0 Å². The van der Waals surface area contributed by atoms with E-state index in [2.05, 4.69) is 20.1 Å². The fourth-order valence-corrected chi connectivity index (χ4v) is 3.14. The van der Waals surface area contributed by atoms with Crippen molar-refractivity contribution in [1.29, 1.82) is 0 Å². The topological polar surface area (TPSA) is 106 Å². The number of aryl methyl sites for hydroxylation is 1. The summed E-state index contributed by atoms with van der Waals surface area (Å²) >= 11 is 0. The Balaban J connectivity index is 1.79. The average Bonchev–Trinajstić information content (AvgIpc) is 2.85. The maximum Gasteiger partial charge on any atom is 0.270 e. The van der Waals surface area contributed by atoms with E-state index in [0.717, 1.165) is 38.1 Å². The Hall–Kier alpha value is -2.97. The van der Waals surface area contributed by atoms with Crippen LogP contribution in [0.25, 0.3) is 0 Å². The standard InChI is InChI=1S/C17H22N6O3/c1-21(2)14-8-7-12(23(25)26)10-13(14)17(24)18-11-16-20-19-15-6-4-3-5-9-22(15)16/h7-8,10H,3-6,9,11H2,1-2H3,(H,18,24). The molecule has 0 fully saturated rings. The third kappa shape index (κ3) is 3.66. The van der Waals surface area contributed by atoms with Crippen molar-refractivity contribution in [2.45, 2.75) is 38.8 Å². The van der Waals surface area contributed by atoms with Crippen LogP contribution in [0.4, 0.5) is 11.4 Å². The van der Waals surface area contributed by atoms with Crippen molar-refractivity contribution in [3.63, 3.8) is 0 Å². The zero-order valence-corrected chi connectivity index (χ0v) is 14.9. The third-order valence-electron chi connectivity index (χ3n) is 4.51. The van der Waals surface area contributed by atoms with Gasteiger partial charge >= 0.3 is 0 Å². The molecular formula is C17H22N6O3. The summed E-state index contributed by atoms with van der Waals surface area (Å²) in [5.41, 5.74) is 0.769. The van der Waals surface area contributed by atoms with Gasteiger partial charge < -0.3 is 14.8 Å². The van der Waals surface area contributed by atoms with Crippen molar-refractivity contribution < 1.29 is 9.72 Å². The number of nitro benzene ring substituents is 1. The molecule has 0 atom stereocenters. The fourth-order valence-electron chi connectivity index (χ4n) is 3.14. The first-order valence-electron chi connectivity index (χ1n) is 8.62. The number of non-ortho nitro benzene ring substituents is 1. The van der Waals surface area contributed by atoms with Gasteiger partial charge in [0.1, 0.15) is 5.82 Å². The largest absolute Gasteiger partial charge is 0.377 e. The molecule has 0 saturated heterocycles. The molecule has 0 radical (unpaired) electrons. The summed E-state index contributed by atoms with van der Waals surface area (Å²) in [7, 11) is 3.58. The van der Waals surface area contributed by atoms with Crippen LogP contribution < -0.4 is 10.2 Å². The van der Waals surface area contributed by atoms with E-state index in [1.807, 2.05) is 0 Å². The minimum absolute atomic E-state index is 0.114. The van der Waals surface area contributed by atoms with E-state index < -0.39 is 4.92 Å². The molecular weight excluding hydrogens is 336 g/mol. The van der Waals surface area contributed by atoms with Gasteiger partial charge in [0.15, 0.2) is 5.82 Å². The Morgan fingerprint density at radius 1 is 1.31 bits per heavy atom. The minimum atomic E-state index is -0.505. The Morgan fingerprint density at radius 3 is 2.85 bits per heavy atom. The van der Waals surface area contributed by atoms with Gasteiger partial charge in [0, 0.05) is 44.9 Å². The summed E-state index contributed by atoms with van der Waals surface area (Å²) in [6, 6.07) is 4.27. The highest BCUT2D eigenvalue weighted by atomic mass is 16.6. The summed E-state index contributed by atoms with van der Waals surface area (Å²) in [5, 5.41) is 22.3. The van der Waals surface area contributed by atoms with E-state index in [1.165, 1.54) is 12.1 Å². The molecule has 1 aromatic heterocycles. The molecule has 0 bridgehead atoms. The molecule has 2 aromatic rings. The molecule has 0 unspecified atom stereocenters. The summed E-state index contributed by atoms with van der Waals surface area (Å²) in [6.45, 7) is 1.09. The average molecular weight is 358 g/mol. The first-order chi connectivity index (χ1) is 12.5. The highest BCUT2D eigenvalue weighted by Crippen LogP contribution is 2.24. The van der Waals surface area contributed by atoms with E-state index in [9.17, 15) is 14.9 Å². The SMILES string of the molecule is CN(C)c1ccc([N+](=O)[O-])cc1C(=O)NCc1nnc2n1CCCCC2. The number of fused-ring (bicyclic) bond motifs is 1. The maximum absolute atomic E-state index is 12.7. The number of amides is 1. The van der Waals surface area contributed by atoms with Gasteiger partial charge in [-0.1, -0.05) is 6.42 Å². The lowest BCUT2D eigenvalue weighted by Crippen LogP contribution is -2.27. The van der Waals surface area contributed by atoms with Gasteiger partial charge in [0.05, 0.1) is 17.0 Å². The first-order valence-corrected chi connectivity index (χ1v) is 8.62. The second-order valence-corrected chi connectivity index (χ2v) is 6.53. The minimum Gasteiger partial charge on any atom is -0.377 e. The van der Waals surface area contributed by atoms with Gasteiger partial charge in [-0.2, -0.15) is 0 Å². The maximum atomic E-state index is 12.7. The quantitative estimate of drug-likeness (QED) is 0.646. The molecule has 26 heavy (non-hydrogen) atoms. The van der Waals surface area contributed by atoms with Crippen LogP contribution in [0.3, 0.4) is 0 Å². The number of nitro groups is 1. The van der Waals surface area contributed by atoms with Crippen LogP contribution in [0.1, 0.15) is 41.3 Å². The smallest absolute Gasteiger partial charge is 0.270 e. The summed E-state index contributed by atoms with van der Waals surface area (Å²) < 4.78 is 2.06. The number of hydrogen-bond donors (Lipinski definition) is 1. The fraction of sp³-hybridized carbons (Fsp3) is 0.471. The highest BCUT2D eigenvalue weighted by Gasteiger charge is 2.19. The predicted molar refractivity (Wildman–Crippen MR) is 96.2 cm³/mol. The Labute approximate surface area is 151 Å². The van der Waals surface area contributed by atoms with E-state index in [1.54, 1.807) is 25.1 Å². The lowest BCUT2D eigenvalue weighted by molar-refractivity contribution is -0.384. The monoisotopic (exact) mass is 358 g/mol. The normalized spacial score (nSPS) is 13.6. The van der Waals surface area contributed by atoms with Crippen LogP contribution in [-0.4, -0.2) is 39.7 Å². The molecule has 1 aliphatic rings. The number of carbonyl (C=O) groups excluding carboxylic acids is 1. The lowest BCUT2D eigenvalue weighted by atomic mass is 10.1. The second kappa shape index (κ2) is 7.51. The zero-order chi connectivity index (χ0) is 18.7. The van der Waals surface area contributed by atoms with E-state index in [4.69, 9.17) is 0 Å². The molecule has 1 aliphatic heterocycles. The summed E-state index contributed by atoms with van der Waals surface area (Å²) in [5.74, 6) is 1.30. The Kier molecular flexibility index (Phi) is 5.15. The van der Waals surface area contributed by atoms with E-state index in [0.29, 0.717) is 11.5 Å². The van der Waals surface area contributed by atoms with Gasteiger partial charge in [-0.05, 0) is 18.9 Å². The molecule has 1 amide bonds. The molecule has 0 spiro atoms. The summed E-state index contributed by atoms with van der Waals surface area (Å²) in [6.07, 6.45) is 4.23. The van der Waals surface area contributed by atoms with Gasteiger partial charge in [0.2, 0.25) is 0 Å². The molecule has 138 valence electrons. The number of benzene rings is 1. The number of hydrogen-bond acceptors (Lipinski definition) is 6. The molecule has 1 aromatic carbocycles. The number of nitrogens with zero attached hydrogens (tertiary/aromatic N) is 5. The summed E-state index contributed by atoms with van der Waals surface area (Å²) in [4.78, 5) is 24.9. The van der Waals surface area contributed by atoms with Crippen LogP contribution in [-0.2, 0) is 19.5 Å². The third-order valence-corrected chi connectivity index (χ3v) is 4.51. The number of anilines is 1. The van der Waals surface area contributed by atoms with Gasteiger partial charge in [0.25, 0.3) is 11.6 Å². The molecule has 3 rings (SSSR count). The lowest BCUT2D eigenvalue weighted by Gasteiger charge is -2.17. The van der Waals surface area contributed by atoms with E-state index >= 15 is 0 Å². The van der Waals surface area contributed by atoms with Crippen molar-refractivity contribution in [1.82, 2.24) is 20.1 Å². The zero-order valence-electron chi connectivity index (χ0n) is 14.9. The van der Waals surface area contributed by atoms with Crippen LogP contribution in [0.2, 0.25) is 0 Å². The van der Waals surface area contributed by atoms with Gasteiger partial charge in [-0.25, -0.2) is 0 Å². The predicted octanol–water partition coefficient (Wildman–Crippen LogP) is 1.91. The van der Waals surface area contributed by atoms with Crippen LogP contribution in [0.15, 0.2) is 18.2 Å². The molecule has 2 heterocycles. The molecule has 0 saturated carbocycles. The van der Waals surface area contributed by atoms with Gasteiger partial charge in [-0.3, -0.25) is 14.9 Å². The van der Waals surface area contributed by atoms with Crippen LogP contribution in [0.5, 0.6) is 0 Å². The van der Waals surface area contributed by atoms with Crippen molar-refractivity contribution in [3.8, 4) is 0 Å². The van der Waals surface area contributed by atoms with Crippen LogP contribution >= 0.6 is 0 Å². The number of carbonyl (C=O) groups is 1. The number of nitrogens with one attached hydrogen (secondary N) is 1. The molecule has 1 N–H and O–H groups in total. The molecule has 0 aliphatic carbocycles.